The van der Waals surface area contributed by atoms with Crippen LogP contribution in [0.4, 0.5) is 0 Å². The van der Waals surface area contributed by atoms with Crippen molar-refractivity contribution in [1.82, 2.24) is 5.32 Å². The van der Waals surface area contributed by atoms with Gasteiger partial charge in [0.1, 0.15) is 6.04 Å². The fraction of sp³-hybridized carbons (Fsp3) is 0.636. The van der Waals surface area contributed by atoms with Crippen LogP contribution in [0.5, 0.6) is 0 Å². The van der Waals surface area contributed by atoms with E-state index in [9.17, 15) is 9.59 Å². The van der Waals surface area contributed by atoms with Crippen LogP contribution in [0.2, 0.25) is 0 Å². The number of hydrogen-bond acceptors (Lipinski definition) is 3. The zero-order valence-electron chi connectivity index (χ0n) is 9.31. The van der Waals surface area contributed by atoms with Crippen molar-refractivity contribution in [3.63, 3.8) is 0 Å². The second-order valence-electron chi connectivity index (χ2n) is 3.82. The van der Waals surface area contributed by atoms with E-state index in [1.807, 2.05) is 0 Å². The van der Waals surface area contributed by atoms with E-state index in [4.69, 9.17) is 5.11 Å². The molecule has 4 nitrogen and oxygen atoms in total. The van der Waals surface area contributed by atoms with Crippen molar-refractivity contribution in [1.29, 1.82) is 0 Å². The molecule has 2 N–H and O–H groups in total. The first kappa shape index (κ1) is 13.1. The highest BCUT2D eigenvalue weighted by molar-refractivity contribution is 8.00. The van der Waals surface area contributed by atoms with Crippen LogP contribution >= 0.6 is 11.8 Å². The average Bonchev–Trinajstić information content (AvgIpc) is 2.25. The van der Waals surface area contributed by atoms with Crippen LogP contribution < -0.4 is 5.32 Å². The number of allylic oxidation sites excluding steroid dienone is 1. The first-order valence-electron chi connectivity index (χ1n) is 5.37. The van der Waals surface area contributed by atoms with Crippen LogP contribution in [0.15, 0.2) is 12.2 Å². The number of carboxylic acid groups (broad SMARTS) is 1. The number of nitrogens with one attached hydrogen (secondary N) is 1. The summed E-state index contributed by atoms with van der Waals surface area (Å²) in [7, 11) is 0. The molecule has 0 heterocycles. The Balaban J connectivity index is 2.36. The predicted molar refractivity (Wildman–Crippen MR) is 64.5 cm³/mol. The lowest BCUT2D eigenvalue weighted by Crippen LogP contribution is -2.41. The molecule has 1 aliphatic carbocycles. The Morgan fingerprint density at radius 2 is 2.38 bits per heavy atom. The SMILES string of the molecule is CC(=O)NC(CSC1C=CCCC1)C(=O)O. The molecule has 1 aliphatic rings. The molecule has 0 aromatic carbocycles. The van der Waals surface area contributed by atoms with Gasteiger partial charge in [0.2, 0.25) is 5.91 Å². The smallest absolute Gasteiger partial charge is 0.327 e. The van der Waals surface area contributed by atoms with Crippen molar-refractivity contribution in [2.45, 2.75) is 37.5 Å². The van der Waals surface area contributed by atoms with E-state index in [0.29, 0.717) is 11.0 Å². The molecule has 0 bridgehead atoms. The summed E-state index contributed by atoms with van der Waals surface area (Å²) in [6, 6.07) is -0.780. The van der Waals surface area contributed by atoms with Gasteiger partial charge >= 0.3 is 5.97 Å². The molecular weight excluding hydrogens is 226 g/mol. The number of carbonyl (C=O) groups excluding carboxylic acids is 1. The lowest BCUT2D eigenvalue weighted by Gasteiger charge is -2.18. The maximum atomic E-state index is 10.9. The summed E-state index contributed by atoms with van der Waals surface area (Å²) < 4.78 is 0. The number of amides is 1. The number of thioether (sulfide) groups is 1. The zero-order chi connectivity index (χ0) is 12.0. The minimum Gasteiger partial charge on any atom is -0.480 e. The average molecular weight is 243 g/mol. The second kappa shape index (κ2) is 6.58. The molecule has 0 fully saturated rings. The monoisotopic (exact) mass is 243 g/mol. The highest BCUT2D eigenvalue weighted by Gasteiger charge is 2.20. The van der Waals surface area contributed by atoms with Crippen molar-refractivity contribution in [3.8, 4) is 0 Å². The van der Waals surface area contributed by atoms with E-state index in [1.165, 1.54) is 6.92 Å². The molecule has 90 valence electrons. The quantitative estimate of drug-likeness (QED) is 0.717. The van der Waals surface area contributed by atoms with Gasteiger partial charge in [0.15, 0.2) is 0 Å². The molecule has 1 amide bonds. The third-order valence-corrected chi connectivity index (χ3v) is 3.71. The molecular formula is C11H17NO3S. The molecule has 5 heteroatoms. The van der Waals surface area contributed by atoms with Gasteiger partial charge in [-0.15, -0.1) is 0 Å². The Kier molecular flexibility index (Phi) is 5.38. The molecule has 0 saturated carbocycles. The number of hydrogen-bond donors (Lipinski definition) is 2. The summed E-state index contributed by atoms with van der Waals surface area (Å²) in [6.45, 7) is 1.33. The van der Waals surface area contributed by atoms with Gasteiger partial charge < -0.3 is 10.4 Å². The normalized spacial score (nSPS) is 21.4. The zero-order valence-corrected chi connectivity index (χ0v) is 10.1. The highest BCUT2D eigenvalue weighted by atomic mass is 32.2. The molecule has 2 atom stereocenters. The minimum absolute atomic E-state index is 0.299. The number of rotatable bonds is 5. The topological polar surface area (TPSA) is 66.4 Å². The van der Waals surface area contributed by atoms with Crippen molar-refractivity contribution in [3.05, 3.63) is 12.2 Å². The summed E-state index contributed by atoms with van der Waals surface area (Å²) >= 11 is 1.59. The lowest BCUT2D eigenvalue weighted by molar-refractivity contribution is -0.140. The standard InChI is InChI=1S/C11H17NO3S/c1-8(13)12-10(11(14)15)7-16-9-5-3-2-4-6-9/h3,5,9-10H,2,4,6-7H2,1H3,(H,12,13)(H,14,15). The first-order valence-corrected chi connectivity index (χ1v) is 6.42. The van der Waals surface area contributed by atoms with Gasteiger partial charge in [0, 0.05) is 17.9 Å². The lowest BCUT2D eigenvalue weighted by atomic mass is 10.1. The van der Waals surface area contributed by atoms with Crippen molar-refractivity contribution < 1.29 is 14.7 Å². The Bertz CT molecular complexity index is 291. The minimum atomic E-state index is -0.970. The van der Waals surface area contributed by atoms with Crippen LogP contribution in [0, 0.1) is 0 Å². The van der Waals surface area contributed by atoms with E-state index in [1.54, 1.807) is 11.8 Å². The summed E-state index contributed by atoms with van der Waals surface area (Å²) in [4.78, 5) is 21.7. The summed E-state index contributed by atoms with van der Waals surface area (Å²) in [5.41, 5.74) is 0. The van der Waals surface area contributed by atoms with E-state index in [2.05, 4.69) is 17.5 Å². The van der Waals surface area contributed by atoms with Gasteiger partial charge in [-0.05, 0) is 19.3 Å². The third-order valence-electron chi connectivity index (χ3n) is 2.36. The molecule has 0 aliphatic heterocycles. The Labute approximate surface area is 99.5 Å². The molecule has 0 spiro atoms. The number of aliphatic carboxylic acids is 1. The molecule has 0 saturated heterocycles. The predicted octanol–water partition coefficient (Wildman–Crippen LogP) is 1.42. The Morgan fingerprint density at radius 1 is 1.62 bits per heavy atom. The Hall–Kier alpha value is -0.970. The summed E-state index contributed by atoms with van der Waals surface area (Å²) in [6.07, 6.45) is 7.63. The van der Waals surface area contributed by atoms with Crippen molar-refractivity contribution in [2.24, 2.45) is 0 Å². The molecule has 0 aromatic rings. The molecule has 1 rings (SSSR count). The van der Waals surface area contributed by atoms with Crippen LogP contribution in [0.25, 0.3) is 0 Å². The van der Waals surface area contributed by atoms with Gasteiger partial charge in [-0.25, -0.2) is 4.79 Å². The summed E-state index contributed by atoms with van der Waals surface area (Å²) in [5, 5.41) is 11.7. The second-order valence-corrected chi connectivity index (χ2v) is 5.09. The van der Waals surface area contributed by atoms with E-state index < -0.39 is 12.0 Å². The maximum Gasteiger partial charge on any atom is 0.327 e. The molecule has 2 unspecified atom stereocenters. The summed E-state index contributed by atoms with van der Waals surface area (Å²) in [5.74, 6) is -0.848. The number of carbonyl (C=O) groups is 2. The maximum absolute atomic E-state index is 10.9. The fourth-order valence-electron chi connectivity index (χ4n) is 1.56. The molecule has 16 heavy (non-hydrogen) atoms. The third kappa shape index (κ3) is 4.70. The van der Waals surface area contributed by atoms with Crippen molar-refractivity contribution in [2.75, 3.05) is 5.75 Å². The largest absolute Gasteiger partial charge is 0.480 e. The Morgan fingerprint density at radius 3 is 2.88 bits per heavy atom. The van der Waals surface area contributed by atoms with E-state index in [-0.39, 0.29) is 5.91 Å². The van der Waals surface area contributed by atoms with E-state index >= 15 is 0 Å². The van der Waals surface area contributed by atoms with Crippen LogP contribution in [-0.2, 0) is 9.59 Å². The van der Waals surface area contributed by atoms with Gasteiger partial charge in [0.25, 0.3) is 0 Å². The molecule has 0 radical (unpaired) electrons. The van der Waals surface area contributed by atoms with Crippen LogP contribution in [0.3, 0.4) is 0 Å². The van der Waals surface area contributed by atoms with Crippen LogP contribution in [-0.4, -0.2) is 34.0 Å². The van der Waals surface area contributed by atoms with Crippen molar-refractivity contribution >= 4 is 23.6 Å². The van der Waals surface area contributed by atoms with Gasteiger partial charge in [0.05, 0.1) is 0 Å². The van der Waals surface area contributed by atoms with Gasteiger partial charge in [-0.3, -0.25) is 4.79 Å². The van der Waals surface area contributed by atoms with Gasteiger partial charge in [-0.1, -0.05) is 12.2 Å². The number of carboxylic acids is 1. The fourth-order valence-corrected chi connectivity index (χ4v) is 2.78. The first-order chi connectivity index (χ1) is 7.59. The molecule has 0 aromatic heterocycles. The van der Waals surface area contributed by atoms with Gasteiger partial charge in [-0.2, -0.15) is 11.8 Å². The highest BCUT2D eigenvalue weighted by Crippen LogP contribution is 2.23. The van der Waals surface area contributed by atoms with Crippen LogP contribution in [0.1, 0.15) is 26.2 Å². The van der Waals surface area contributed by atoms with E-state index in [0.717, 1.165) is 19.3 Å².